The summed E-state index contributed by atoms with van der Waals surface area (Å²) in [5, 5.41) is 0. The molecule has 0 amide bonds. The lowest BCUT2D eigenvalue weighted by Gasteiger charge is -2.19. The van der Waals surface area contributed by atoms with E-state index in [-0.39, 0.29) is 0 Å². The van der Waals surface area contributed by atoms with E-state index in [0.717, 1.165) is 16.8 Å². The maximum Gasteiger partial charge on any atom is 0.142 e. The molecule has 0 unspecified atom stereocenters. The minimum absolute atomic E-state index is 1.05. The van der Waals surface area contributed by atoms with Crippen LogP contribution in [0.3, 0.4) is 0 Å². The van der Waals surface area contributed by atoms with Crippen molar-refractivity contribution < 1.29 is 0 Å². The van der Waals surface area contributed by atoms with Crippen molar-refractivity contribution in [1.29, 1.82) is 0 Å². The molecule has 0 spiro atoms. The van der Waals surface area contributed by atoms with Crippen molar-refractivity contribution in [2.75, 3.05) is 18.5 Å². The zero-order chi connectivity index (χ0) is 11.3. The van der Waals surface area contributed by atoms with Crippen molar-refractivity contribution in [2.45, 2.75) is 33.1 Å². The van der Waals surface area contributed by atoms with Crippen LogP contribution in [0.4, 0.5) is 5.82 Å². The molecule has 2 nitrogen and oxygen atoms in total. The van der Waals surface area contributed by atoms with Gasteiger partial charge in [-0.25, -0.2) is 4.98 Å². The fourth-order valence-electron chi connectivity index (χ4n) is 1.50. The van der Waals surface area contributed by atoms with E-state index >= 15 is 0 Å². The van der Waals surface area contributed by atoms with Gasteiger partial charge in [-0.2, -0.15) is 0 Å². The molecule has 0 aromatic carbocycles. The standard InChI is InChI=1S/C12H19BrN2/c1-4-5-6-9-15(3)12-11(13)10(2)7-8-14-12/h7-8H,4-6,9H2,1-3H3. The first kappa shape index (κ1) is 12.5. The van der Waals surface area contributed by atoms with Gasteiger partial charge in [-0.05, 0) is 40.9 Å². The van der Waals surface area contributed by atoms with E-state index in [2.05, 4.69) is 46.7 Å². The third-order valence-corrected chi connectivity index (χ3v) is 3.50. The number of unbranched alkanes of at least 4 members (excludes halogenated alkanes) is 2. The lowest BCUT2D eigenvalue weighted by Crippen LogP contribution is -2.20. The summed E-state index contributed by atoms with van der Waals surface area (Å²) in [4.78, 5) is 6.61. The van der Waals surface area contributed by atoms with Crippen LogP contribution in [0.5, 0.6) is 0 Å². The highest BCUT2D eigenvalue weighted by Crippen LogP contribution is 2.26. The molecule has 0 fully saturated rings. The average Bonchev–Trinajstić information content (AvgIpc) is 2.22. The minimum atomic E-state index is 1.05. The molecule has 1 aromatic rings. The SMILES string of the molecule is CCCCCN(C)c1nccc(C)c1Br. The Balaban J connectivity index is 2.65. The third-order valence-electron chi connectivity index (χ3n) is 2.52. The summed E-state index contributed by atoms with van der Waals surface area (Å²) in [6.45, 7) is 5.39. The van der Waals surface area contributed by atoms with E-state index in [1.54, 1.807) is 0 Å². The Morgan fingerprint density at radius 1 is 1.40 bits per heavy atom. The molecular weight excluding hydrogens is 252 g/mol. The van der Waals surface area contributed by atoms with Gasteiger partial charge >= 0.3 is 0 Å². The molecule has 3 heteroatoms. The van der Waals surface area contributed by atoms with Crippen LogP contribution in [0.1, 0.15) is 31.7 Å². The minimum Gasteiger partial charge on any atom is -0.359 e. The lowest BCUT2D eigenvalue weighted by atomic mass is 10.2. The first-order valence-corrected chi connectivity index (χ1v) is 6.28. The normalized spacial score (nSPS) is 10.4. The Hall–Kier alpha value is -0.570. The number of anilines is 1. The van der Waals surface area contributed by atoms with Gasteiger partial charge in [-0.3, -0.25) is 0 Å². The number of halogens is 1. The number of aromatic nitrogens is 1. The summed E-state index contributed by atoms with van der Waals surface area (Å²) >= 11 is 3.59. The number of rotatable bonds is 5. The summed E-state index contributed by atoms with van der Waals surface area (Å²) in [6.07, 6.45) is 5.64. The van der Waals surface area contributed by atoms with Gasteiger partial charge in [0.1, 0.15) is 5.82 Å². The van der Waals surface area contributed by atoms with Crippen molar-refractivity contribution in [3.05, 3.63) is 22.3 Å². The Morgan fingerprint density at radius 2 is 2.13 bits per heavy atom. The molecule has 1 heterocycles. The van der Waals surface area contributed by atoms with Gasteiger partial charge in [-0.1, -0.05) is 19.8 Å². The number of pyridine rings is 1. The zero-order valence-corrected chi connectivity index (χ0v) is 11.3. The second-order valence-electron chi connectivity index (χ2n) is 3.89. The highest BCUT2D eigenvalue weighted by atomic mass is 79.9. The molecule has 0 N–H and O–H groups in total. The highest BCUT2D eigenvalue weighted by molar-refractivity contribution is 9.10. The first-order valence-electron chi connectivity index (χ1n) is 5.49. The van der Waals surface area contributed by atoms with Crippen LogP contribution in [0.15, 0.2) is 16.7 Å². The Morgan fingerprint density at radius 3 is 2.80 bits per heavy atom. The molecule has 0 atom stereocenters. The maximum absolute atomic E-state index is 4.40. The van der Waals surface area contributed by atoms with E-state index in [1.165, 1.54) is 24.8 Å². The molecule has 84 valence electrons. The van der Waals surface area contributed by atoms with Crippen LogP contribution in [-0.4, -0.2) is 18.6 Å². The van der Waals surface area contributed by atoms with E-state index in [1.807, 2.05) is 12.3 Å². The smallest absolute Gasteiger partial charge is 0.142 e. The van der Waals surface area contributed by atoms with Crippen molar-refractivity contribution in [3.8, 4) is 0 Å². The Kier molecular flexibility index (Phi) is 5.09. The van der Waals surface area contributed by atoms with Crippen molar-refractivity contribution in [1.82, 2.24) is 4.98 Å². The van der Waals surface area contributed by atoms with Crippen LogP contribution in [0.2, 0.25) is 0 Å². The maximum atomic E-state index is 4.40. The molecule has 0 radical (unpaired) electrons. The molecule has 0 aliphatic rings. The van der Waals surface area contributed by atoms with E-state index in [0.29, 0.717) is 0 Å². The van der Waals surface area contributed by atoms with Gasteiger partial charge in [0, 0.05) is 19.8 Å². The molecule has 15 heavy (non-hydrogen) atoms. The van der Waals surface area contributed by atoms with Crippen molar-refractivity contribution in [3.63, 3.8) is 0 Å². The summed E-state index contributed by atoms with van der Waals surface area (Å²) in [7, 11) is 2.10. The van der Waals surface area contributed by atoms with Gasteiger partial charge in [0.25, 0.3) is 0 Å². The Bertz CT molecular complexity index is 312. The van der Waals surface area contributed by atoms with E-state index in [4.69, 9.17) is 0 Å². The van der Waals surface area contributed by atoms with E-state index in [9.17, 15) is 0 Å². The topological polar surface area (TPSA) is 16.1 Å². The lowest BCUT2D eigenvalue weighted by molar-refractivity contribution is 0.700. The van der Waals surface area contributed by atoms with Gasteiger partial charge in [-0.15, -0.1) is 0 Å². The quantitative estimate of drug-likeness (QED) is 0.758. The monoisotopic (exact) mass is 270 g/mol. The van der Waals surface area contributed by atoms with Gasteiger partial charge < -0.3 is 4.90 Å². The number of nitrogens with zero attached hydrogens (tertiary/aromatic N) is 2. The fourth-order valence-corrected chi connectivity index (χ4v) is 2.03. The molecule has 0 aliphatic carbocycles. The second kappa shape index (κ2) is 6.11. The predicted octanol–water partition coefficient (Wildman–Crippen LogP) is 3.78. The molecule has 1 rings (SSSR count). The van der Waals surface area contributed by atoms with Crippen LogP contribution in [0, 0.1) is 6.92 Å². The van der Waals surface area contributed by atoms with Gasteiger partial charge in [0.05, 0.1) is 4.47 Å². The average molecular weight is 271 g/mol. The largest absolute Gasteiger partial charge is 0.359 e. The zero-order valence-electron chi connectivity index (χ0n) is 9.76. The third kappa shape index (κ3) is 3.49. The van der Waals surface area contributed by atoms with Crippen LogP contribution in [-0.2, 0) is 0 Å². The van der Waals surface area contributed by atoms with Crippen LogP contribution >= 0.6 is 15.9 Å². The van der Waals surface area contributed by atoms with Crippen molar-refractivity contribution >= 4 is 21.7 Å². The van der Waals surface area contributed by atoms with Gasteiger partial charge in [0.15, 0.2) is 0 Å². The van der Waals surface area contributed by atoms with Gasteiger partial charge in [0.2, 0.25) is 0 Å². The molecule has 0 aliphatic heterocycles. The fraction of sp³-hybridized carbons (Fsp3) is 0.583. The van der Waals surface area contributed by atoms with E-state index < -0.39 is 0 Å². The van der Waals surface area contributed by atoms with Crippen LogP contribution < -0.4 is 4.90 Å². The highest BCUT2D eigenvalue weighted by Gasteiger charge is 2.08. The molecule has 0 saturated heterocycles. The molecule has 0 bridgehead atoms. The van der Waals surface area contributed by atoms with Crippen molar-refractivity contribution in [2.24, 2.45) is 0 Å². The van der Waals surface area contributed by atoms with Crippen LogP contribution in [0.25, 0.3) is 0 Å². The molecular formula is C12H19BrN2. The number of hydrogen-bond acceptors (Lipinski definition) is 2. The predicted molar refractivity (Wildman–Crippen MR) is 69.5 cm³/mol. The second-order valence-corrected chi connectivity index (χ2v) is 4.69. The summed E-state index contributed by atoms with van der Waals surface area (Å²) in [5.74, 6) is 1.05. The Labute approximate surface area is 101 Å². The summed E-state index contributed by atoms with van der Waals surface area (Å²) in [6, 6.07) is 2.02. The summed E-state index contributed by atoms with van der Waals surface area (Å²) < 4.78 is 1.11. The molecule has 1 aromatic heterocycles. The summed E-state index contributed by atoms with van der Waals surface area (Å²) in [5.41, 5.74) is 1.24. The molecule has 0 saturated carbocycles. The number of aryl methyl sites for hydroxylation is 1. The first-order chi connectivity index (χ1) is 7.16. The number of hydrogen-bond donors (Lipinski definition) is 0.